The lowest BCUT2D eigenvalue weighted by atomic mass is 10.0. The van der Waals surface area contributed by atoms with Gasteiger partial charge in [0, 0.05) is 28.8 Å². The smallest absolute Gasteiger partial charge is 0.128 e. The van der Waals surface area contributed by atoms with Gasteiger partial charge in [-0.05, 0) is 30.9 Å². The number of aromatic hydroxyl groups is 1. The molecule has 1 aliphatic heterocycles. The van der Waals surface area contributed by atoms with Crippen LogP contribution in [-0.2, 0) is 0 Å². The first-order valence-electron chi connectivity index (χ1n) is 7.81. The highest BCUT2D eigenvalue weighted by molar-refractivity contribution is 7.99. The average Bonchev–Trinajstić information content (AvgIpc) is 2.54. The number of rotatable bonds is 4. The molecule has 0 aliphatic carbocycles. The van der Waals surface area contributed by atoms with Crippen molar-refractivity contribution in [3.63, 3.8) is 0 Å². The molecule has 2 aromatic carbocycles. The maximum absolute atomic E-state index is 10.5. The van der Waals surface area contributed by atoms with E-state index in [0.29, 0.717) is 5.75 Å². The number of benzene rings is 2. The van der Waals surface area contributed by atoms with Gasteiger partial charge in [0.2, 0.25) is 0 Å². The van der Waals surface area contributed by atoms with Crippen LogP contribution in [0.25, 0.3) is 10.8 Å². The van der Waals surface area contributed by atoms with Crippen LogP contribution in [0.3, 0.4) is 0 Å². The minimum absolute atomic E-state index is 0.178. The summed E-state index contributed by atoms with van der Waals surface area (Å²) >= 11 is 2.08. The molecule has 1 heterocycles. The summed E-state index contributed by atoms with van der Waals surface area (Å²) in [5.41, 5.74) is 0.995. The number of phenolic OH excluding ortho intramolecular Hbond substituents is 1. The number of hydrogen-bond donors (Lipinski definition) is 2. The second-order valence-electron chi connectivity index (χ2n) is 5.84. The fourth-order valence-corrected chi connectivity index (χ4v) is 4.26. The Balaban J connectivity index is 1.71. The van der Waals surface area contributed by atoms with Gasteiger partial charge in [0.15, 0.2) is 0 Å². The summed E-state index contributed by atoms with van der Waals surface area (Å²) < 4.78 is 0. The van der Waals surface area contributed by atoms with Crippen molar-refractivity contribution in [1.29, 1.82) is 0 Å². The van der Waals surface area contributed by atoms with E-state index in [1.165, 1.54) is 25.0 Å². The van der Waals surface area contributed by atoms with E-state index in [9.17, 15) is 5.11 Å². The molecular weight excluding hydrogens is 278 g/mol. The Morgan fingerprint density at radius 2 is 2.10 bits per heavy atom. The molecule has 0 amide bonds. The summed E-state index contributed by atoms with van der Waals surface area (Å²) in [6.45, 7) is 3.16. The van der Waals surface area contributed by atoms with Gasteiger partial charge in [-0.25, -0.2) is 0 Å². The maximum Gasteiger partial charge on any atom is 0.128 e. The van der Waals surface area contributed by atoms with E-state index in [2.05, 4.69) is 30.1 Å². The standard InChI is InChI=1S/C18H23NOS/c1-13(19-12-15-7-4-5-11-21-15)16-10-9-14-6-2-3-8-17(14)18(16)20/h2-3,6,8-10,13,15,19-20H,4-5,7,11-12H2,1H3. The first kappa shape index (κ1) is 14.7. The van der Waals surface area contributed by atoms with E-state index in [4.69, 9.17) is 0 Å². The van der Waals surface area contributed by atoms with Gasteiger partial charge in [-0.3, -0.25) is 0 Å². The van der Waals surface area contributed by atoms with E-state index >= 15 is 0 Å². The van der Waals surface area contributed by atoms with Crippen molar-refractivity contribution in [1.82, 2.24) is 5.32 Å². The monoisotopic (exact) mass is 301 g/mol. The lowest BCUT2D eigenvalue weighted by Gasteiger charge is -2.24. The molecule has 0 saturated carbocycles. The maximum atomic E-state index is 10.5. The van der Waals surface area contributed by atoms with Crippen molar-refractivity contribution in [2.24, 2.45) is 0 Å². The largest absolute Gasteiger partial charge is 0.507 e. The van der Waals surface area contributed by atoms with Gasteiger partial charge >= 0.3 is 0 Å². The van der Waals surface area contributed by atoms with E-state index in [1.807, 2.05) is 30.3 Å². The number of phenols is 1. The molecule has 21 heavy (non-hydrogen) atoms. The molecule has 0 spiro atoms. The molecule has 0 bridgehead atoms. The third-order valence-corrected chi connectivity index (χ3v) is 5.72. The highest BCUT2D eigenvalue weighted by atomic mass is 32.2. The van der Waals surface area contributed by atoms with Crippen molar-refractivity contribution < 1.29 is 5.11 Å². The van der Waals surface area contributed by atoms with Crippen LogP contribution < -0.4 is 5.32 Å². The molecule has 2 N–H and O–H groups in total. The van der Waals surface area contributed by atoms with Crippen molar-refractivity contribution in [3.05, 3.63) is 42.0 Å². The Hall–Kier alpha value is -1.19. The van der Waals surface area contributed by atoms with Gasteiger partial charge in [-0.2, -0.15) is 11.8 Å². The van der Waals surface area contributed by atoms with E-state index < -0.39 is 0 Å². The highest BCUT2D eigenvalue weighted by Crippen LogP contribution is 2.32. The van der Waals surface area contributed by atoms with Crippen LogP contribution in [0.5, 0.6) is 5.75 Å². The first-order chi connectivity index (χ1) is 10.3. The lowest BCUT2D eigenvalue weighted by molar-refractivity contribution is 0.456. The second kappa shape index (κ2) is 6.71. The highest BCUT2D eigenvalue weighted by Gasteiger charge is 2.17. The number of thioether (sulfide) groups is 1. The van der Waals surface area contributed by atoms with Crippen LogP contribution in [0.15, 0.2) is 36.4 Å². The Bertz CT molecular complexity index is 607. The quantitative estimate of drug-likeness (QED) is 0.873. The minimum Gasteiger partial charge on any atom is -0.507 e. The summed E-state index contributed by atoms with van der Waals surface area (Å²) in [4.78, 5) is 0. The fraction of sp³-hybridized carbons (Fsp3) is 0.444. The van der Waals surface area contributed by atoms with Crippen LogP contribution in [0.2, 0.25) is 0 Å². The zero-order valence-electron chi connectivity index (χ0n) is 12.5. The normalized spacial score (nSPS) is 20.5. The third-order valence-electron chi connectivity index (χ3n) is 4.32. The molecule has 2 nitrogen and oxygen atoms in total. The van der Waals surface area contributed by atoms with Crippen LogP contribution >= 0.6 is 11.8 Å². The minimum atomic E-state index is 0.178. The summed E-state index contributed by atoms with van der Waals surface area (Å²) in [5, 5.41) is 16.9. The lowest BCUT2D eigenvalue weighted by Crippen LogP contribution is -2.29. The average molecular weight is 301 g/mol. The summed E-state index contributed by atoms with van der Waals surface area (Å²) in [7, 11) is 0. The van der Waals surface area contributed by atoms with Gasteiger partial charge in [0.25, 0.3) is 0 Å². The summed E-state index contributed by atoms with van der Waals surface area (Å²) in [5.74, 6) is 1.71. The van der Waals surface area contributed by atoms with E-state index in [0.717, 1.165) is 28.1 Å². The topological polar surface area (TPSA) is 32.3 Å². The molecule has 3 heteroatoms. The van der Waals surface area contributed by atoms with Gasteiger partial charge in [-0.15, -0.1) is 0 Å². The van der Waals surface area contributed by atoms with Crippen LogP contribution in [0, 0.1) is 0 Å². The molecule has 2 aromatic rings. The predicted molar refractivity (Wildman–Crippen MR) is 92.1 cm³/mol. The van der Waals surface area contributed by atoms with Crippen molar-refractivity contribution in [2.45, 2.75) is 37.5 Å². The molecule has 2 unspecified atom stereocenters. The van der Waals surface area contributed by atoms with Gasteiger partial charge < -0.3 is 10.4 Å². The number of fused-ring (bicyclic) bond motifs is 1. The van der Waals surface area contributed by atoms with Gasteiger partial charge in [-0.1, -0.05) is 42.8 Å². The molecule has 112 valence electrons. The van der Waals surface area contributed by atoms with Crippen LogP contribution in [-0.4, -0.2) is 22.7 Å². The fourth-order valence-electron chi connectivity index (χ4n) is 3.01. The molecule has 0 aromatic heterocycles. The third kappa shape index (κ3) is 3.35. The summed E-state index contributed by atoms with van der Waals surface area (Å²) in [6.07, 6.45) is 4.03. The zero-order chi connectivity index (χ0) is 14.7. The second-order valence-corrected chi connectivity index (χ2v) is 7.25. The SMILES string of the molecule is CC(NCC1CCCCS1)c1ccc2ccccc2c1O. The molecule has 1 fully saturated rings. The van der Waals surface area contributed by atoms with Crippen molar-refractivity contribution in [2.75, 3.05) is 12.3 Å². The Kier molecular flexibility index (Phi) is 4.71. The zero-order valence-corrected chi connectivity index (χ0v) is 13.3. The number of hydrogen-bond acceptors (Lipinski definition) is 3. The van der Waals surface area contributed by atoms with Crippen molar-refractivity contribution in [3.8, 4) is 5.75 Å². The van der Waals surface area contributed by atoms with Crippen LogP contribution in [0.4, 0.5) is 0 Å². The van der Waals surface area contributed by atoms with Gasteiger partial charge in [0.1, 0.15) is 5.75 Å². The van der Waals surface area contributed by atoms with E-state index in [1.54, 1.807) is 0 Å². The molecule has 3 rings (SSSR count). The molecule has 1 saturated heterocycles. The predicted octanol–water partition coefficient (Wildman–Crippen LogP) is 4.48. The van der Waals surface area contributed by atoms with Crippen LogP contribution in [0.1, 0.15) is 37.8 Å². The molecule has 1 aliphatic rings. The Labute approximate surface area is 130 Å². The first-order valence-corrected chi connectivity index (χ1v) is 8.86. The van der Waals surface area contributed by atoms with E-state index in [-0.39, 0.29) is 6.04 Å². The van der Waals surface area contributed by atoms with Crippen molar-refractivity contribution >= 4 is 22.5 Å². The molecule has 0 radical (unpaired) electrons. The molecular formula is C18H23NOS. The summed E-state index contributed by atoms with van der Waals surface area (Å²) in [6, 6.07) is 12.3. The Morgan fingerprint density at radius 1 is 1.24 bits per heavy atom. The number of nitrogens with one attached hydrogen (secondary N) is 1. The Morgan fingerprint density at radius 3 is 2.90 bits per heavy atom. The van der Waals surface area contributed by atoms with Gasteiger partial charge in [0.05, 0.1) is 0 Å². The molecule has 2 atom stereocenters.